The maximum atomic E-state index is 12.8. The van der Waals surface area contributed by atoms with Crippen LogP contribution in [0.2, 0.25) is 0 Å². The van der Waals surface area contributed by atoms with E-state index in [0.717, 1.165) is 24.2 Å². The van der Waals surface area contributed by atoms with Crippen LogP contribution in [0, 0.1) is 11.8 Å². The molecule has 0 saturated carbocycles. The van der Waals surface area contributed by atoms with E-state index in [-0.39, 0.29) is 23.7 Å². The molecule has 1 N–H and O–H groups in total. The van der Waals surface area contributed by atoms with Crippen LogP contribution in [0.5, 0.6) is 5.75 Å². The summed E-state index contributed by atoms with van der Waals surface area (Å²) in [5, 5.41) is 3.05. The van der Waals surface area contributed by atoms with Crippen molar-refractivity contribution in [2.24, 2.45) is 11.8 Å². The minimum absolute atomic E-state index is 0.00263. The zero-order valence-electron chi connectivity index (χ0n) is 16.5. The molecular formula is C21H32N2O3. The van der Waals surface area contributed by atoms with Gasteiger partial charge in [-0.2, -0.15) is 0 Å². The van der Waals surface area contributed by atoms with Gasteiger partial charge in [0.2, 0.25) is 11.8 Å². The summed E-state index contributed by atoms with van der Waals surface area (Å²) < 4.78 is 5.34. The van der Waals surface area contributed by atoms with Crippen molar-refractivity contribution >= 4 is 11.8 Å². The van der Waals surface area contributed by atoms with Crippen molar-refractivity contribution in [1.29, 1.82) is 0 Å². The highest BCUT2D eigenvalue weighted by Crippen LogP contribution is 2.35. The number of nitrogens with zero attached hydrogens (tertiary/aromatic N) is 1. The summed E-state index contributed by atoms with van der Waals surface area (Å²) in [6.45, 7) is 7.96. The molecule has 0 aliphatic carbocycles. The zero-order valence-corrected chi connectivity index (χ0v) is 16.5. The number of rotatable bonds is 8. The maximum Gasteiger partial charge on any atom is 0.225 e. The van der Waals surface area contributed by atoms with Crippen LogP contribution >= 0.6 is 0 Å². The van der Waals surface area contributed by atoms with Crippen molar-refractivity contribution in [1.82, 2.24) is 10.2 Å². The third-order valence-corrected chi connectivity index (χ3v) is 4.94. The molecule has 5 heteroatoms. The number of ether oxygens (including phenoxy) is 1. The minimum Gasteiger partial charge on any atom is -0.497 e. The number of hydrogen-bond donors (Lipinski definition) is 1. The summed E-state index contributed by atoms with van der Waals surface area (Å²) in [4.78, 5) is 27.2. The Morgan fingerprint density at radius 3 is 2.73 bits per heavy atom. The fraction of sp³-hybridized carbons (Fsp3) is 0.619. The Kier molecular flexibility index (Phi) is 7.49. The first kappa shape index (κ1) is 20.3. The third-order valence-electron chi connectivity index (χ3n) is 4.94. The average molecular weight is 360 g/mol. The lowest BCUT2D eigenvalue weighted by Crippen LogP contribution is -2.36. The Bertz CT molecular complexity index is 615. The van der Waals surface area contributed by atoms with Crippen molar-refractivity contribution in [3.05, 3.63) is 29.8 Å². The fourth-order valence-electron chi connectivity index (χ4n) is 3.48. The lowest BCUT2D eigenvalue weighted by Gasteiger charge is -2.18. The number of methoxy groups -OCH3 is 1. The van der Waals surface area contributed by atoms with Gasteiger partial charge in [0.15, 0.2) is 0 Å². The second-order valence-corrected chi connectivity index (χ2v) is 7.53. The smallest absolute Gasteiger partial charge is 0.225 e. The van der Waals surface area contributed by atoms with Gasteiger partial charge in [-0.1, -0.05) is 39.3 Å². The molecule has 1 aromatic carbocycles. The fourth-order valence-corrected chi connectivity index (χ4v) is 3.48. The van der Waals surface area contributed by atoms with E-state index in [4.69, 9.17) is 4.74 Å². The van der Waals surface area contributed by atoms with Gasteiger partial charge in [-0.25, -0.2) is 0 Å². The molecule has 2 rings (SSSR count). The highest BCUT2D eigenvalue weighted by Gasteiger charge is 2.40. The van der Waals surface area contributed by atoms with Crippen LogP contribution in [0.15, 0.2) is 24.3 Å². The van der Waals surface area contributed by atoms with Crippen LogP contribution in [0.4, 0.5) is 0 Å². The van der Waals surface area contributed by atoms with Crippen LogP contribution in [-0.4, -0.2) is 43.5 Å². The Morgan fingerprint density at radius 1 is 1.31 bits per heavy atom. The molecule has 2 unspecified atom stereocenters. The van der Waals surface area contributed by atoms with Gasteiger partial charge >= 0.3 is 0 Å². The summed E-state index contributed by atoms with van der Waals surface area (Å²) in [7, 11) is 1.64. The second-order valence-electron chi connectivity index (χ2n) is 7.53. The van der Waals surface area contributed by atoms with E-state index in [1.54, 1.807) is 7.11 Å². The van der Waals surface area contributed by atoms with Gasteiger partial charge in [0.05, 0.1) is 13.0 Å². The monoisotopic (exact) mass is 360 g/mol. The van der Waals surface area contributed by atoms with E-state index in [1.165, 1.54) is 0 Å². The summed E-state index contributed by atoms with van der Waals surface area (Å²) in [5.41, 5.74) is 1.06. The topological polar surface area (TPSA) is 58.6 Å². The number of carbonyl (C=O) groups is 2. The van der Waals surface area contributed by atoms with Gasteiger partial charge < -0.3 is 15.0 Å². The summed E-state index contributed by atoms with van der Waals surface area (Å²) in [6, 6.07) is 7.85. The number of nitrogens with one attached hydrogen (secondary N) is 1. The van der Waals surface area contributed by atoms with Crippen molar-refractivity contribution in [2.75, 3.05) is 26.7 Å². The van der Waals surface area contributed by atoms with E-state index in [9.17, 15) is 9.59 Å². The molecule has 144 valence electrons. The highest BCUT2D eigenvalue weighted by molar-refractivity contribution is 5.83. The van der Waals surface area contributed by atoms with Crippen LogP contribution in [-0.2, 0) is 9.59 Å². The number of hydrogen-bond acceptors (Lipinski definition) is 3. The van der Waals surface area contributed by atoms with Crippen molar-refractivity contribution in [3.8, 4) is 5.75 Å². The first-order chi connectivity index (χ1) is 12.5. The van der Waals surface area contributed by atoms with Gasteiger partial charge in [0.25, 0.3) is 0 Å². The van der Waals surface area contributed by atoms with Gasteiger partial charge in [0.1, 0.15) is 5.75 Å². The number of benzene rings is 1. The lowest BCUT2D eigenvalue weighted by atomic mass is 9.88. The molecule has 0 spiro atoms. The Labute approximate surface area is 157 Å². The molecule has 1 aliphatic rings. The first-order valence-corrected chi connectivity index (χ1v) is 9.65. The SMILES string of the molecule is CCCCNC(=O)C1CN(C(=O)CC(C)C)CC1c1cccc(OC)c1. The first-order valence-electron chi connectivity index (χ1n) is 9.65. The normalized spacial score (nSPS) is 19.7. The van der Waals surface area contributed by atoms with Crippen LogP contribution in [0.3, 0.4) is 0 Å². The molecule has 2 atom stereocenters. The maximum absolute atomic E-state index is 12.8. The van der Waals surface area contributed by atoms with Crippen molar-refractivity contribution in [2.45, 2.75) is 46.0 Å². The van der Waals surface area contributed by atoms with E-state index in [1.807, 2.05) is 43.0 Å². The molecule has 1 fully saturated rings. The van der Waals surface area contributed by atoms with E-state index >= 15 is 0 Å². The van der Waals surface area contributed by atoms with E-state index in [0.29, 0.717) is 32.0 Å². The summed E-state index contributed by atoms with van der Waals surface area (Å²) in [6.07, 6.45) is 2.54. The summed E-state index contributed by atoms with van der Waals surface area (Å²) in [5.74, 6) is 1.07. The van der Waals surface area contributed by atoms with Gasteiger partial charge in [0, 0.05) is 32.0 Å². The lowest BCUT2D eigenvalue weighted by molar-refractivity contribution is -0.131. The molecule has 1 saturated heterocycles. The Morgan fingerprint density at radius 2 is 2.08 bits per heavy atom. The quantitative estimate of drug-likeness (QED) is 0.724. The predicted octanol–water partition coefficient (Wildman–Crippen LogP) is 3.20. The average Bonchev–Trinajstić information content (AvgIpc) is 3.07. The molecule has 2 amide bonds. The van der Waals surface area contributed by atoms with E-state index in [2.05, 4.69) is 12.2 Å². The molecule has 0 bridgehead atoms. The predicted molar refractivity (Wildman–Crippen MR) is 103 cm³/mol. The molecule has 0 radical (unpaired) electrons. The second kappa shape index (κ2) is 9.60. The number of unbranched alkanes of at least 4 members (excludes halogenated alkanes) is 1. The largest absolute Gasteiger partial charge is 0.497 e. The molecule has 1 heterocycles. The Balaban J connectivity index is 2.19. The van der Waals surface area contributed by atoms with Crippen LogP contribution in [0.25, 0.3) is 0 Å². The van der Waals surface area contributed by atoms with Crippen LogP contribution in [0.1, 0.15) is 51.5 Å². The van der Waals surface area contributed by atoms with Gasteiger partial charge in [-0.05, 0) is 30.0 Å². The molecule has 5 nitrogen and oxygen atoms in total. The number of amides is 2. The van der Waals surface area contributed by atoms with E-state index < -0.39 is 0 Å². The minimum atomic E-state index is -0.213. The number of carbonyl (C=O) groups excluding carboxylic acids is 2. The van der Waals surface area contributed by atoms with Gasteiger partial charge in [-0.3, -0.25) is 9.59 Å². The van der Waals surface area contributed by atoms with Crippen LogP contribution < -0.4 is 10.1 Å². The summed E-state index contributed by atoms with van der Waals surface area (Å²) >= 11 is 0. The molecule has 1 aliphatic heterocycles. The molecule has 0 aromatic heterocycles. The standard InChI is InChI=1S/C21H32N2O3/c1-5-6-10-22-21(25)19-14-23(20(24)11-15(2)3)13-18(19)16-8-7-9-17(12-16)26-4/h7-9,12,15,18-19H,5-6,10-11,13-14H2,1-4H3,(H,22,25). The van der Waals surface area contributed by atoms with Crippen molar-refractivity contribution in [3.63, 3.8) is 0 Å². The third kappa shape index (κ3) is 5.23. The highest BCUT2D eigenvalue weighted by atomic mass is 16.5. The molecule has 1 aromatic rings. The molecular weight excluding hydrogens is 328 g/mol. The van der Waals surface area contributed by atoms with Crippen molar-refractivity contribution < 1.29 is 14.3 Å². The molecule has 26 heavy (non-hydrogen) atoms. The number of likely N-dealkylation sites (tertiary alicyclic amines) is 1. The van der Waals surface area contributed by atoms with Gasteiger partial charge in [-0.15, -0.1) is 0 Å². The zero-order chi connectivity index (χ0) is 19.1. The Hall–Kier alpha value is -2.04.